The molecule has 27 heavy (non-hydrogen) atoms. The van der Waals surface area contributed by atoms with Crippen molar-refractivity contribution >= 4 is 17.8 Å². The van der Waals surface area contributed by atoms with Crippen LogP contribution in [0.2, 0.25) is 0 Å². The Morgan fingerprint density at radius 3 is 2.44 bits per heavy atom. The molecular weight excluding hydrogens is 344 g/mol. The number of carbonyl (C=O) groups is 3. The van der Waals surface area contributed by atoms with E-state index in [-0.39, 0.29) is 12.5 Å². The molecule has 146 valence electrons. The Kier molecular flexibility index (Phi) is 6.11. The molecule has 1 aromatic carbocycles. The van der Waals surface area contributed by atoms with E-state index in [1.807, 2.05) is 30.3 Å². The molecule has 2 heterocycles. The summed E-state index contributed by atoms with van der Waals surface area (Å²) in [7, 11) is 0. The third-order valence-corrected chi connectivity index (χ3v) is 5.32. The molecule has 1 atom stereocenters. The van der Waals surface area contributed by atoms with E-state index < -0.39 is 17.5 Å². The molecular formula is C20H28N4O3. The van der Waals surface area contributed by atoms with Gasteiger partial charge >= 0.3 is 6.03 Å². The first-order valence-electron chi connectivity index (χ1n) is 9.70. The van der Waals surface area contributed by atoms with Crippen LogP contribution in [0.4, 0.5) is 4.79 Å². The fourth-order valence-corrected chi connectivity index (χ4v) is 3.65. The average molecular weight is 372 g/mol. The number of rotatable bonds is 6. The van der Waals surface area contributed by atoms with E-state index in [9.17, 15) is 14.4 Å². The molecule has 0 radical (unpaired) electrons. The van der Waals surface area contributed by atoms with E-state index in [0.717, 1.165) is 36.5 Å². The van der Waals surface area contributed by atoms with Crippen molar-refractivity contribution in [3.63, 3.8) is 0 Å². The summed E-state index contributed by atoms with van der Waals surface area (Å²) >= 11 is 0. The van der Waals surface area contributed by atoms with Gasteiger partial charge in [0.1, 0.15) is 5.54 Å². The van der Waals surface area contributed by atoms with Crippen molar-refractivity contribution in [3.8, 4) is 0 Å². The number of hydrazine groups is 1. The van der Waals surface area contributed by atoms with E-state index in [1.165, 1.54) is 12.8 Å². The van der Waals surface area contributed by atoms with Gasteiger partial charge in [-0.1, -0.05) is 43.2 Å². The second-order valence-electron chi connectivity index (χ2n) is 7.61. The van der Waals surface area contributed by atoms with Crippen molar-refractivity contribution in [2.45, 2.75) is 51.0 Å². The molecule has 2 saturated heterocycles. The molecule has 2 N–H and O–H groups in total. The summed E-state index contributed by atoms with van der Waals surface area (Å²) in [6.07, 6.45) is 5.66. The lowest BCUT2D eigenvalue weighted by atomic mass is 9.93. The highest BCUT2D eigenvalue weighted by atomic mass is 16.2. The van der Waals surface area contributed by atoms with Crippen LogP contribution < -0.4 is 10.7 Å². The number of urea groups is 1. The number of hydrogen-bond acceptors (Lipinski definition) is 4. The van der Waals surface area contributed by atoms with Gasteiger partial charge < -0.3 is 5.32 Å². The number of nitrogens with zero attached hydrogens (tertiary/aromatic N) is 2. The fraction of sp³-hybridized carbons (Fsp3) is 0.550. The lowest BCUT2D eigenvalue weighted by Crippen LogP contribution is -2.51. The number of nitrogens with one attached hydrogen (secondary N) is 2. The Morgan fingerprint density at radius 2 is 1.78 bits per heavy atom. The van der Waals surface area contributed by atoms with Gasteiger partial charge in [-0.3, -0.25) is 19.9 Å². The Bertz CT molecular complexity index is 686. The minimum Gasteiger partial charge on any atom is -0.322 e. The molecule has 0 bridgehead atoms. The highest BCUT2D eigenvalue weighted by molar-refractivity contribution is 6.07. The van der Waals surface area contributed by atoms with E-state index in [1.54, 1.807) is 6.92 Å². The van der Waals surface area contributed by atoms with Crippen LogP contribution in [0.1, 0.15) is 44.6 Å². The molecule has 4 amide bonds. The SMILES string of the molecule is C[C@@]1(CCc2ccccc2)NC(=O)N(NC(=O)CN2CCCCCC2)C1=O. The van der Waals surface area contributed by atoms with Crippen molar-refractivity contribution in [1.29, 1.82) is 0 Å². The molecule has 0 aromatic heterocycles. The molecule has 7 nitrogen and oxygen atoms in total. The third kappa shape index (κ3) is 4.86. The zero-order valence-corrected chi connectivity index (χ0v) is 15.9. The van der Waals surface area contributed by atoms with Crippen molar-refractivity contribution in [3.05, 3.63) is 35.9 Å². The largest absolute Gasteiger partial charge is 0.344 e. The lowest BCUT2D eigenvalue weighted by molar-refractivity contribution is -0.139. The summed E-state index contributed by atoms with van der Waals surface area (Å²) in [5.41, 5.74) is 2.58. The number of likely N-dealkylation sites (tertiary alicyclic amines) is 1. The predicted molar refractivity (Wildman–Crippen MR) is 102 cm³/mol. The molecule has 1 aromatic rings. The van der Waals surface area contributed by atoms with Crippen molar-refractivity contribution < 1.29 is 14.4 Å². The van der Waals surface area contributed by atoms with Gasteiger partial charge in [0.25, 0.3) is 11.8 Å². The van der Waals surface area contributed by atoms with Gasteiger partial charge in [-0.25, -0.2) is 4.79 Å². The van der Waals surface area contributed by atoms with Gasteiger partial charge in [-0.2, -0.15) is 5.01 Å². The summed E-state index contributed by atoms with van der Waals surface area (Å²) in [6.45, 7) is 3.67. The van der Waals surface area contributed by atoms with E-state index >= 15 is 0 Å². The van der Waals surface area contributed by atoms with Crippen LogP contribution in [0.3, 0.4) is 0 Å². The number of imide groups is 1. The Labute approximate surface area is 160 Å². The monoisotopic (exact) mass is 372 g/mol. The van der Waals surface area contributed by atoms with Crippen LogP contribution in [0, 0.1) is 0 Å². The molecule has 0 unspecified atom stereocenters. The summed E-state index contributed by atoms with van der Waals surface area (Å²) in [5, 5.41) is 3.57. The van der Waals surface area contributed by atoms with Crippen LogP contribution in [-0.2, 0) is 16.0 Å². The summed E-state index contributed by atoms with van der Waals surface area (Å²) in [5.74, 6) is -0.736. The van der Waals surface area contributed by atoms with Gasteiger partial charge in [0, 0.05) is 0 Å². The molecule has 0 spiro atoms. The number of benzene rings is 1. The lowest BCUT2D eigenvalue weighted by Gasteiger charge is -2.23. The topological polar surface area (TPSA) is 81.8 Å². The first-order chi connectivity index (χ1) is 13.0. The minimum atomic E-state index is -1.01. The average Bonchev–Trinajstić information content (AvgIpc) is 2.84. The highest BCUT2D eigenvalue weighted by Crippen LogP contribution is 2.22. The fourth-order valence-electron chi connectivity index (χ4n) is 3.65. The highest BCUT2D eigenvalue weighted by Gasteiger charge is 2.48. The van der Waals surface area contributed by atoms with Crippen LogP contribution in [0.15, 0.2) is 30.3 Å². The van der Waals surface area contributed by atoms with Gasteiger partial charge in [0.05, 0.1) is 6.54 Å². The quantitative estimate of drug-likeness (QED) is 0.747. The van der Waals surface area contributed by atoms with Crippen LogP contribution in [0.5, 0.6) is 0 Å². The maximum atomic E-state index is 12.8. The third-order valence-electron chi connectivity index (χ3n) is 5.32. The molecule has 2 aliphatic heterocycles. The Balaban J connectivity index is 1.55. The number of amides is 4. The van der Waals surface area contributed by atoms with Gasteiger partial charge in [0.15, 0.2) is 0 Å². The number of hydrogen-bond donors (Lipinski definition) is 2. The van der Waals surface area contributed by atoms with Crippen LogP contribution in [0.25, 0.3) is 0 Å². The molecule has 0 saturated carbocycles. The van der Waals surface area contributed by atoms with Crippen molar-refractivity contribution in [2.24, 2.45) is 0 Å². The maximum Gasteiger partial charge on any atom is 0.344 e. The normalized spacial score (nSPS) is 23.8. The molecule has 7 heteroatoms. The number of aryl methyl sites for hydroxylation is 1. The molecule has 3 rings (SSSR count). The molecule has 2 fully saturated rings. The second kappa shape index (κ2) is 8.52. The Morgan fingerprint density at radius 1 is 1.11 bits per heavy atom. The van der Waals surface area contributed by atoms with Gasteiger partial charge in [-0.15, -0.1) is 0 Å². The molecule has 0 aliphatic carbocycles. The van der Waals surface area contributed by atoms with E-state index in [4.69, 9.17) is 0 Å². The van der Waals surface area contributed by atoms with Crippen LogP contribution in [-0.4, -0.2) is 52.9 Å². The summed E-state index contributed by atoms with van der Waals surface area (Å²) in [6, 6.07) is 9.25. The Hall–Kier alpha value is -2.41. The number of carbonyl (C=O) groups excluding carboxylic acids is 3. The minimum absolute atomic E-state index is 0.206. The van der Waals surface area contributed by atoms with E-state index in [0.29, 0.717) is 12.8 Å². The summed E-state index contributed by atoms with van der Waals surface area (Å²) < 4.78 is 0. The standard InChI is InChI=1S/C20H28N4O3/c1-20(12-11-16-9-5-4-6-10-16)18(26)24(19(27)21-20)22-17(25)15-23-13-7-2-3-8-14-23/h4-6,9-10H,2-3,7-8,11-15H2,1H3,(H,21,27)(H,22,25)/t20-/m0/s1. The summed E-state index contributed by atoms with van der Waals surface area (Å²) in [4.78, 5) is 39.4. The van der Waals surface area contributed by atoms with Gasteiger partial charge in [-0.05, 0) is 51.3 Å². The maximum absolute atomic E-state index is 12.8. The second-order valence-corrected chi connectivity index (χ2v) is 7.61. The van der Waals surface area contributed by atoms with Gasteiger partial charge in [0.2, 0.25) is 0 Å². The van der Waals surface area contributed by atoms with Crippen molar-refractivity contribution in [1.82, 2.24) is 20.7 Å². The molecule has 2 aliphatic rings. The first-order valence-corrected chi connectivity index (χ1v) is 9.70. The van der Waals surface area contributed by atoms with Crippen LogP contribution >= 0.6 is 0 Å². The predicted octanol–water partition coefficient (Wildman–Crippen LogP) is 1.84. The smallest absolute Gasteiger partial charge is 0.322 e. The zero-order valence-electron chi connectivity index (χ0n) is 15.9. The zero-order chi connectivity index (χ0) is 19.3. The first kappa shape index (κ1) is 19.4. The van der Waals surface area contributed by atoms with Crippen molar-refractivity contribution in [2.75, 3.05) is 19.6 Å². The van der Waals surface area contributed by atoms with E-state index in [2.05, 4.69) is 15.6 Å².